The van der Waals surface area contributed by atoms with E-state index >= 15 is 0 Å². The molecule has 0 unspecified atom stereocenters. The molecule has 28 heavy (non-hydrogen) atoms. The number of piperidine rings is 1. The average Bonchev–Trinajstić information content (AvgIpc) is 3.19. The molecule has 152 valence electrons. The van der Waals surface area contributed by atoms with E-state index in [1.807, 2.05) is 25.2 Å². The lowest BCUT2D eigenvalue weighted by atomic mass is 9.95. The fourth-order valence-corrected chi connectivity index (χ4v) is 3.96. The van der Waals surface area contributed by atoms with Crippen molar-refractivity contribution >= 4 is 11.6 Å². The molecule has 1 fully saturated rings. The summed E-state index contributed by atoms with van der Waals surface area (Å²) in [6.07, 6.45) is 9.86. The molecular weight excluding hydrogens is 348 g/mol. The van der Waals surface area contributed by atoms with Gasteiger partial charge in [-0.05, 0) is 43.4 Å². The van der Waals surface area contributed by atoms with Crippen LogP contribution < -0.4 is 4.90 Å². The Labute approximate surface area is 169 Å². The molecule has 1 aromatic heterocycles. The van der Waals surface area contributed by atoms with Crippen LogP contribution in [-0.2, 0) is 17.8 Å². The molecule has 5 heteroatoms. The molecule has 2 aromatic rings. The van der Waals surface area contributed by atoms with Gasteiger partial charge in [0.2, 0.25) is 5.91 Å². The van der Waals surface area contributed by atoms with Crippen LogP contribution in [0.1, 0.15) is 56.3 Å². The van der Waals surface area contributed by atoms with Crippen LogP contribution in [0.2, 0.25) is 0 Å². The van der Waals surface area contributed by atoms with Crippen molar-refractivity contribution in [2.24, 2.45) is 0 Å². The van der Waals surface area contributed by atoms with Gasteiger partial charge in [0.05, 0.1) is 0 Å². The van der Waals surface area contributed by atoms with Crippen LogP contribution in [0, 0.1) is 0 Å². The Morgan fingerprint density at radius 2 is 1.89 bits per heavy atom. The topological polar surface area (TPSA) is 41.4 Å². The lowest BCUT2D eigenvalue weighted by Crippen LogP contribution is -2.38. The molecule has 0 radical (unpaired) electrons. The van der Waals surface area contributed by atoms with Gasteiger partial charge in [-0.25, -0.2) is 4.98 Å². The van der Waals surface area contributed by atoms with Crippen molar-refractivity contribution in [3.8, 4) is 0 Å². The van der Waals surface area contributed by atoms with Crippen molar-refractivity contribution < 1.29 is 4.79 Å². The first-order valence-electron chi connectivity index (χ1n) is 10.6. The van der Waals surface area contributed by atoms with E-state index in [1.165, 1.54) is 29.9 Å². The molecule has 0 bridgehead atoms. The lowest BCUT2D eigenvalue weighted by molar-refractivity contribution is -0.132. The molecule has 0 saturated carbocycles. The maximum absolute atomic E-state index is 12.6. The fraction of sp³-hybridized carbons (Fsp3) is 0.565. The molecule has 1 saturated heterocycles. The number of nitrogens with zero attached hydrogens (tertiary/aromatic N) is 4. The number of hydrogen-bond acceptors (Lipinski definition) is 3. The highest BCUT2D eigenvalue weighted by molar-refractivity contribution is 5.76. The van der Waals surface area contributed by atoms with Crippen LogP contribution in [0.3, 0.4) is 0 Å². The number of unbranched alkanes of at least 4 members (excludes halogenated alkanes) is 1. The van der Waals surface area contributed by atoms with E-state index in [0.29, 0.717) is 12.3 Å². The SMILES string of the molecule is CCCCn1ccnc1C1CCN(C(=O)CCc2ccc(N(C)C)cc2)CC1. The van der Waals surface area contributed by atoms with E-state index in [-0.39, 0.29) is 5.91 Å². The van der Waals surface area contributed by atoms with Crippen molar-refractivity contribution in [3.05, 3.63) is 48.0 Å². The second kappa shape index (κ2) is 9.76. The summed E-state index contributed by atoms with van der Waals surface area (Å²) in [6, 6.07) is 8.49. The molecule has 2 heterocycles. The van der Waals surface area contributed by atoms with Gasteiger partial charge < -0.3 is 14.4 Å². The molecule has 1 aromatic carbocycles. The second-order valence-electron chi connectivity index (χ2n) is 8.05. The number of benzene rings is 1. The predicted molar refractivity (Wildman–Crippen MR) is 115 cm³/mol. The van der Waals surface area contributed by atoms with Crippen LogP contribution in [0.5, 0.6) is 0 Å². The van der Waals surface area contributed by atoms with Crippen molar-refractivity contribution in [3.63, 3.8) is 0 Å². The molecule has 0 N–H and O–H groups in total. The molecule has 0 spiro atoms. The molecule has 1 aliphatic rings. The molecular formula is C23H34N4O. The first-order chi connectivity index (χ1) is 13.6. The van der Waals surface area contributed by atoms with Crippen molar-refractivity contribution in [1.82, 2.24) is 14.5 Å². The van der Waals surface area contributed by atoms with Crippen LogP contribution in [0.15, 0.2) is 36.7 Å². The van der Waals surface area contributed by atoms with Gasteiger partial charge in [0.15, 0.2) is 0 Å². The summed E-state index contributed by atoms with van der Waals surface area (Å²) >= 11 is 0. The van der Waals surface area contributed by atoms with Crippen LogP contribution in [-0.4, -0.2) is 47.5 Å². The quantitative estimate of drug-likeness (QED) is 0.690. The molecule has 5 nitrogen and oxygen atoms in total. The van der Waals surface area contributed by atoms with E-state index in [4.69, 9.17) is 0 Å². The third kappa shape index (κ3) is 5.15. The van der Waals surface area contributed by atoms with Gasteiger partial charge in [-0.2, -0.15) is 0 Å². The monoisotopic (exact) mass is 382 g/mol. The standard InChI is InChI=1S/C23H34N4O/c1-4-5-15-27-18-14-24-23(27)20-12-16-26(17-13-20)22(28)11-8-19-6-9-21(10-7-19)25(2)3/h6-7,9-10,14,18,20H,4-5,8,11-13,15-17H2,1-3H3. The molecule has 1 amide bonds. The Morgan fingerprint density at radius 3 is 2.54 bits per heavy atom. The lowest BCUT2D eigenvalue weighted by Gasteiger charge is -2.32. The highest BCUT2D eigenvalue weighted by Gasteiger charge is 2.26. The highest BCUT2D eigenvalue weighted by Crippen LogP contribution is 2.27. The third-order valence-corrected chi connectivity index (χ3v) is 5.79. The predicted octanol–water partition coefficient (Wildman–Crippen LogP) is 4.09. The number of likely N-dealkylation sites (tertiary alicyclic amines) is 1. The summed E-state index contributed by atoms with van der Waals surface area (Å²) in [5, 5.41) is 0. The molecule has 3 rings (SSSR count). The Balaban J connectivity index is 1.47. The number of rotatable bonds is 8. The summed E-state index contributed by atoms with van der Waals surface area (Å²) in [5.74, 6) is 1.97. The van der Waals surface area contributed by atoms with Gasteiger partial charge in [0.25, 0.3) is 0 Å². The Bertz CT molecular complexity index is 742. The van der Waals surface area contributed by atoms with E-state index < -0.39 is 0 Å². The third-order valence-electron chi connectivity index (χ3n) is 5.79. The summed E-state index contributed by atoms with van der Waals surface area (Å²) in [5.41, 5.74) is 2.42. The van der Waals surface area contributed by atoms with E-state index in [0.717, 1.165) is 38.9 Å². The minimum absolute atomic E-state index is 0.282. The van der Waals surface area contributed by atoms with Gasteiger partial charge in [0.1, 0.15) is 5.82 Å². The van der Waals surface area contributed by atoms with Gasteiger partial charge in [-0.15, -0.1) is 0 Å². The van der Waals surface area contributed by atoms with Crippen LogP contribution in [0.25, 0.3) is 0 Å². The number of carbonyl (C=O) groups is 1. The number of aryl methyl sites for hydroxylation is 2. The number of carbonyl (C=O) groups excluding carboxylic acids is 1. The average molecular weight is 383 g/mol. The minimum Gasteiger partial charge on any atom is -0.378 e. The van der Waals surface area contributed by atoms with Crippen LogP contribution >= 0.6 is 0 Å². The zero-order chi connectivity index (χ0) is 19.9. The summed E-state index contributed by atoms with van der Waals surface area (Å²) in [4.78, 5) is 21.4. The largest absolute Gasteiger partial charge is 0.378 e. The Morgan fingerprint density at radius 1 is 1.18 bits per heavy atom. The number of aromatic nitrogens is 2. The first-order valence-corrected chi connectivity index (χ1v) is 10.6. The molecule has 0 atom stereocenters. The number of imidazole rings is 1. The Hall–Kier alpha value is -2.30. The van der Waals surface area contributed by atoms with Gasteiger partial charge in [-0.3, -0.25) is 4.79 Å². The van der Waals surface area contributed by atoms with E-state index in [9.17, 15) is 4.79 Å². The summed E-state index contributed by atoms with van der Waals surface area (Å²) < 4.78 is 2.31. The van der Waals surface area contributed by atoms with E-state index in [2.05, 4.69) is 51.8 Å². The van der Waals surface area contributed by atoms with Crippen LogP contribution in [0.4, 0.5) is 5.69 Å². The molecule has 0 aliphatic carbocycles. The summed E-state index contributed by atoms with van der Waals surface area (Å²) in [7, 11) is 4.08. The number of hydrogen-bond donors (Lipinski definition) is 0. The maximum atomic E-state index is 12.6. The second-order valence-corrected chi connectivity index (χ2v) is 8.05. The first kappa shape index (κ1) is 20.4. The summed E-state index contributed by atoms with van der Waals surface area (Å²) in [6.45, 7) is 4.97. The van der Waals surface area contributed by atoms with E-state index in [1.54, 1.807) is 0 Å². The van der Waals surface area contributed by atoms with Crippen molar-refractivity contribution in [1.29, 1.82) is 0 Å². The normalized spacial score (nSPS) is 15.0. The zero-order valence-electron chi connectivity index (χ0n) is 17.6. The highest BCUT2D eigenvalue weighted by atomic mass is 16.2. The van der Waals surface area contributed by atoms with Gasteiger partial charge in [-0.1, -0.05) is 25.5 Å². The van der Waals surface area contributed by atoms with Crippen molar-refractivity contribution in [2.45, 2.75) is 57.9 Å². The number of amides is 1. The minimum atomic E-state index is 0.282. The fourth-order valence-electron chi connectivity index (χ4n) is 3.96. The van der Waals surface area contributed by atoms with Crippen molar-refractivity contribution in [2.75, 3.05) is 32.1 Å². The smallest absolute Gasteiger partial charge is 0.222 e. The molecule has 1 aliphatic heterocycles. The van der Waals surface area contributed by atoms with Gasteiger partial charge >= 0.3 is 0 Å². The Kier molecular flexibility index (Phi) is 7.12. The number of anilines is 1. The van der Waals surface area contributed by atoms with Gasteiger partial charge in [0, 0.05) is 64.1 Å². The maximum Gasteiger partial charge on any atom is 0.222 e. The zero-order valence-corrected chi connectivity index (χ0v) is 17.6.